The Morgan fingerprint density at radius 2 is 2.20 bits per heavy atom. The van der Waals surface area contributed by atoms with Crippen molar-refractivity contribution in [2.45, 2.75) is 32.4 Å². The van der Waals surface area contributed by atoms with Crippen molar-refractivity contribution in [3.05, 3.63) is 16.1 Å². The van der Waals surface area contributed by atoms with Gasteiger partial charge in [-0.2, -0.15) is 0 Å². The lowest BCUT2D eigenvalue weighted by molar-refractivity contribution is -0.141. The van der Waals surface area contributed by atoms with Gasteiger partial charge in [-0.05, 0) is 13.8 Å². The number of carboxylic acid groups (broad SMARTS) is 1. The summed E-state index contributed by atoms with van der Waals surface area (Å²) in [7, 11) is 1.63. The average Bonchev–Trinajstić information content (AvgIpc) is 2.70. The van der Waals surface area contributed by atoms with Crippen LogP contribution < -0.4 is 5.32 Å². The minimum Gasteiger partial charge on any atom is -0.481 e. The molecule has 0 aliphatic rings. The van der Waals surface area contributed by atoms with Gasteiger partial charge in [0.2, 0.25) is 0 Å². The molecule has 1 heterocycles. The van der Waals surface area contributed by atoms with Crippen LogP contribution in [0.25, 0.3) is 0 Å². The lowest BCUT2D eigenvalue weighted by atomic mass is 10.0. The van der Waals surface area contributed by atoms with Crippen molar-refractivity contribution in [2.75, 3.05) is 13.6 Å². The van der Waals surface area contributed by atoms with Crippen molar-refractivity contribution in [2.24, 2.45) is 0 Å². The minimum atomic E-state index is -1.47. The predicted octanol–water partition coefficient (Wildman–Crippen LogP) is 0.819. The molecule has 7 nitrogen and oxygen atoms in total. The normalized spacial score (nSPS) is 13.6. The summed E-state index contributed by atoms with van der Waals surface area (Å²) in [5.74, 6) is -1.11. The topological polar surface area (TPSA) is 103 Å². The summed E-state index contributed by atoms with van der Waals surface area (Å²) >= 11 is 1.47. The fraction of sp³-hybridized carbons (Fsp3) is 0.583. The first-order valence-corrected chi connectivity index (χ1v) is 6.91. The molecular formula is C12H19N3O4S. The van der Waals surface area contributed by atoms with Crippen LogP contribution in [0, 0.1) is 6.92 Å². The Kier molecular flexibility index (Phi) is 5.46. The molecule has 20 heavy (non-hydrogen) atoms. The van der Waals surface area contributed by atoms with E-state index in [9.17, 15) is 14.7 Å². The van der Waals surface area contributed by atoms with Crippen LogP contribution in [-0.2, 0) is 11.3 Å². The third-order valence-corrected chi connectivity index (χ3v) is 3.64. The van der Waals surface area contributed by atoms with Gasteiger partial charge in [0.1, 0.15) is 0 Å². The van der Waals surface area contributed by atoms with E-state index >= 15 is 0 Å². The highest BCUT2D eigenvalue weighted by molar-refractivity contribution is 7.09. The van der Waals surface area contributed by atoms with E-state index in [1.165, 1.54) is 23.2 Å². The number of aliphatic hydroxyl groups is 1. The van der Waals surface area contributed by atoms with Crippen LogP contribution in [0.15, 0.2) is 5.51 Å². The van der Waals surface area contributed by atoms with E-state index in [0.29, 0.717) is 6.54 Å². The zero-order valence-electron chi connectivity index (χ0n) is 11.7. The predicted molar refractivity (Wildman–Crippen MR) is 74.6 cm³/mol. The van der Waals surface area contributed by atoms with Gasteiger partial charge >= 0.3 is 12.0 Å². The van der Waals surface area contributed by atoms with E-state index in [-0.39, 0.29) is 12.6 Å². The number of aryl methyl sites for hydroxylation is 1. The number of hydrogen-bond acceptors (Lipinski definition) is 5. The summed E-state index contributed by atoms with van der Waals surface area (Å²) in [6, 6.07) is -0.372. The Morgan fingerprint density at radius 1 is 1.55 bits per heavy atom. The van der Waals surface area contributed by atoms with E-state index in [4.69, 9.17) is 5.11 Å². The molecule has 3 N–H and O–H groups in total. The zero-order chi connectivity index (χ0) is 15.3. The maximum atomic E-state index is 11.9. The maximum Gasteiger partial charge on any atom is 0.317 e. The molecule has 2 amide bonds. The molecule has 0 saturated heterocycles. The second-order valence-corrected chi connectivity index (χ2v) is 5.88. The number of urea groups is 1. The first-order valence-electron chi connectivity index (χ1n) is 6.03. The maximum absolute atomic E-state index is 11.9. The second kappa shape index (κ2) is 6.67. The number of thiazole rings is 1. The number of nitrogens with zero attached hydrogens (tertiary/aromatic N) is 2. The number of aliphatic carboxylic acids is 1. The Morgan fingerprint density at radius 3 is 2.70 bits per heavy atom. The van der Waals surface area contributed by atoms with E-state index in [0.717, 1.165) is 10.6 Å². The highest BCUT2D eigenvalue weighted by atomic mass is 32.1. The number of carbonyl (C=O) groups is 2. The molecule has 1 aromatic rings. The molecule has 1 unspecified atom stereocenters. The van der Waals surface area contributed by atoms with Gasteiger partial charge in [-0.1, -0.05) is 0 Å². The summed E-state index contributed by atoms with van der Waals surface area (Å²) in [4.78, 5) is 29.0. The number of amides is 2. The van der Waals surface area contributed by atoms with Crippen molar-refractivity contribution in [1.82, 2.24) is 15.2 Å². The lowest BCUT2D eigenvalue weighted by Crippen LogP contribution is -2.46. The van der Waals surface area contributed by atoms with Gasteiger partial charge in [-0.3, -0.25) is 4.79 Å². The Hall–Kier alpha value is -1.67. The smallest absolute Gasteiger partial charge is 0.317 e. The third kappa shape index (κ3) is 5.14. The van der Waals surface area contributed by atoms with Crippen LogP contribution in [0.4, 0.5) is 4.79 Å². The molecule has 0 aromatic carbocycles. The minimum absolute atomic E-state index is 0.121. The van der Waals surface area contributed by atoms with Crippen LogP contribution >= 0.6 is 11.3 Å². The standard InChI is InChI=1S/C12H19N3O4S/c1-8-9(20-7-14-8)5-15(3)11(18)13-6-12(2,19)4-10(16)17/h7,19H,4-6H2,1-3H3,(H,13,18)(H,16,17). The Labute approximate surface area is 121 Å². The Balaban J connectivity index is 2.46. The lowest BCUT2D eigenvalue weighted by Gasteiger charge is -2.24. The van der Waals surface area contributed by atoms with Crippen LogP contribution in [-0.4, -0.2) is 51.3 Å². The van der Waals surface area contributed by atoms with Crippen molar-refractivity contribution < 1.29 is 19.8 Å². The number of rotatable bonds is 6. The fourth-order valence-electron chi connectivity index (χ4n) is 1.55. The third-order valence-electron chi connectivity index (χ3n) is 2.72. The number of hydrogen-bond donors (Lipinski definition) is 3. The molecule has 0 radical (unpaired) electrons. The monoisotopic (exact) mass is 301 g/mol. The van der Waals surface area contributed by atoms with E-state index < -0.39 is 18.0 Å². The average molecular weight is 301 g/mol. The largest absolute Gasteiger partial charge is 0.481 e. The van der Waals surface area contributed by atoms with Gasteiger partial charge in [-0.25, -0.2) is 9.78 Å². The van der Waals surface area contributed by atoms with Crippen molar-refractivity contribution >= 4 is 23.3 Å². The SMILES string of the molecule is Cc1ncsc1CN(C)C(=O)NCC(C)(O)CC(=O)O. The van der Waals surface area contributed by atoms with Crippen molar-refractivity contribution in [3.8, 4) is 0 Å². The highest BCUT2D eigenvalue weighted by Crippen LogP contribution is 2.14. The summed E-state index contributed by atoms with van der Waals surface area (Å²) in [5, 5.41) is 20.9. The molecule has 0 saturated carbocycles. The zero-order valence-corrected chi connectivity index (χ0v) is 12.5. The molecule has 0 aliphatic heterocycles. The molecule has 112 valence electrons. The van der Waals surface area contributed by atoms with Gasteiger partial charge in [0.15, 0.2) is 0 Å². The molecule has 1 atom stereocenters. The summed E-state index contributed by atoms with van der Waals surface area (Å²) in [6.07, 6.45) is -0.426. The van der Waals surface area contributed by atoms with Gasteiger partial charge in [-0.15, -0.1) is 11.3 Å². The van der Waals surface area contributed by atoms with Crippen molar-refractivity contribution in [3.63, 3.8) is 0 Å². The number of carboxylic acids is 1. The highest BCUT2D eigenvalue weighted by Gasteiger charge is 2.25. The number of carbonyl (C=O) groups excluding carboxylic acids is 1. The van der Waals surface area contributed by atoms with Crippen LogP contribution in [0.1, 0.15) is 23.9 Å². The van der Waals surface area contributed by atoms with Gasteiger partial charge in [0, 0.05) is 18.5 Å². The Bertz CT molecular complexity index is 487. The first kappa shape index (κ1) is 16.4. The van der Waals surface area contributed by atoms with E-state index in [2.05, 4.69) is 10.3 Å². The summed E-state index contributed by atoms with van der Waals surface area (Å²) in [5.41, 5.74) is 1.13. The van der Waals surface area contributed by atoms with Crippen LogP contribution in [0.5, 0.6) is 0 Å². The summed E-state index contributed by atoms with van der Waals surface area (Å²) in [6.45, 7) is 3.54. The molecule has 1 aromatic heterocycles. The van der Waals surface area contributed by atoms with E-state index in [1.807, 2.05) is 6.92 Å². The van der Waals surface area contributed by atoms with Gasteiger partial charge < -0.3 is 20.4 Å². The summed E-state index contributed by atoms with van der Waals surface area (Å²) < 4.78 is 0. The molecule has 0 aliphatic carbocycles. The molecule has 0 spiro atoms. The first-order chi connectivity index (χ1) is 9.21. The van der Waals surface area contributed by atoms with Gasteiger partial charge in [0.05, 0.1) is 29.8 Å². The molecule has 8 heteroatoms. The molecule has 1 rings (SSSR count). The second-order valence-electron chi connectivity index (χ2n) is 4.94. The molecular weight excluding hydrogens is 282 g/mol. The quantitative estimate of drug-likeness (QED) is 0.722. The van der Waals surface area contributed by atoms with Crippen LogP contribution in [0.2, 0.25) is 0 Å². The van der Waals surface area contributed by atoms with E-state index in [1.54, 1.807) is 12.6 Å². The number of aromatic nitrogens is 1. The van der Waals surface area contributed by atoms with Crippen molar-refractivity contribution in [1.29, 1.82) is 0 Å². The molecule has 0 fully saturated rings. The van der Waals surface area contributed by atoms with Gasteiger partial charge in [0.25, 0.3) is 0 Å². The molecule has 0 bridgehead atoms. The fourth-order valence-corrected chi connectivity index (χ4v) is 2.38. The number of nitrogens with one attached hydrogen (secondary N) is 1. The van der Waals surface area contributed by atoms with Crippen LogP contribution in [0.3, 0.4) is 0 Å².